The van der Waals surface area contributed by atoms with Gasteiger partial charge in [0.15, 0.2) is 12.2 Å². The van der Waals surface area contributed by atoms with Gasteiger partial charge in [-0.05, 0) is 55.0 Å². The fourth-order valence-corrected chi connectivity index (χ4v) is 6.16. The molecular weight excluding hydrogens is 450 g/mol. The van der Waals surface area contributed by atoms with Crippen molar-refractivity contribution in [1.82, 2.24) is 19.4 Å². The summed E-state index contributed by atoms with van der Waals surface area (Å²) in [6.45, 7) is 5.16. The molecule has 1 aromatic carbocycles. The number of carbonyl (C=O) groups is 2. The first-order chi connectivity index (χ1) is 16.5. The number of likely N-dealkylation sites (tertiary alicyclic amines) is 1. The molecule has 9 heteroatoms. The molecule has 1 saturated heterocycles. The van der Waals surface area contributed by atoms with Crippen molar-refractivity contribution >= 4 is 40.1 Å². The fraction of sp³-hybridized carbons (Fsp3) is 0.280. The van der Waals surface area contributed by atoms with Crippen LogP contribution in [-0.2, 0) is 4.79 Å². The predicted molar refractivity (Wildman–Crippen MR) is 130 cm³/mol. The largest absolute Gasteiger partial charge is 0.443 e. The van der Waals surface area contributed by atoms with Gasteiger partial charge in [0.05, 0.1) is 27.0 Å². The summed E-state index contributed by atoms with van der Waals surface area (Å²) in [6.07, 6.45) is 7.30. The van der Waals surface area contributed by atoms with E-state index in [0.29, 0.717) is 16.6 Å². The van der Waals surface area contributed by atoms with Gasteiger partial charge < -0.3 is 13.9 Å². The highest BCUT2D eigenvalue weighted by molar-refractivity contribution is 7.17. The molecule has 1 saturated carbocycles. The van der Waals surface area contributed by atoms with Gasteiger partial charge in [-0.15, -0.1) is 11.3 Å². The number of thiophene rings is 1. The quantitative estimate of drug-likeness (QED) is 0.423. The van der Waals surface area contributed by atoms with Crippen molar-refractivity contribution in [3.8, 4) is 10.6 Å². The number of hydrogen-bond acceptors (Lipinski definition) is 6. The average Bonchev–Trinajstić information content (AvgIpc) is 3.62. The second-order valence-electron chi connectivity index (χ2n) is 9.05. The van der Waals surface area contributed by atoms with Crippen LogP contribution in [0.4, 0.5) is 5.95 Å². The van der Waals surface area contributed by atoms with Crippen LogP contribution < -0.4 is 5.32 Å². The average molecular weight is 474 g/mol. The summed E-state index contributed by atoms with van der Waals surface area (Å²) in [4.78, 5) is 37.1. The minimum atomic E-state index is -0.204. The number of imidazole rings is 1. The molecule has 0 unspecified atom stereocenters. The van der Waals surface area contributed by atoms with E-state index in [9.17, 15) is 9.59 Å². The predicted octanol–water partition coefficient (Wildman–Crippen LogP) is 4.74. The molecule has 6 rings (SSSR count). The number of aromatic nitrogens is 3. The number of hydrogen-bond donors (Lipinski definition) is 1. The van der Waals surface area contributed by atoms with E-state index >= 15 is 0 Å². The van der Waals surface area contributed by atoms with Crippen LogP contribution in [0.1, 0.15) is 35.0 Å². The molecule has 1 aliphatic carbocycles. The first-order valence-corrected chi connectivity index (χ1v) is 12.1. The number of para-hydroxylation sites is 2. The summed E-state index contributed by atoms with van der Waals surface area (Å²) in [5.74, 6) is 0.987. The molecule has 2 aliphatic rings. The lowest BCUT2D eigenvalue weighted by atomic mass is 9.65. The third-order valence-electron chi connectivity index (χ3n) is 6.95. The first-order valence-electron chi connectivity index (χ1n) is 11.2. The Hall–Kier alpha value is -3.72. The maximum absolute atomic E-state index is 13.1. The Bertz CT molecular complexity index is 1400. The molecule has 2 amide bonds. The van der Waals surface area contributed by atoms with Gasteiger partial charge in [-0.3, -0.25) is 14.9 Å². The van der Waals surface area contributed by atoms with Crippen LogP contribution in [0.5, 0.6) is 0 Å². The molecule has 0 bridgehead atoms. The van der Waals surface area contributed by atoms with Crippen LogP contribution in [0, 0.1) is 5.41 Å². The zero-order valence-corrected chi connectivity index (χ0v) is 19.3. The summed E-state index contributed by atoms with van der Waals surface area (Å²) < 4.78 is 7.49. The monoisotopic (exact) mass is 473 g/mol. The van der Waals surface area contributed by atoms with Gasteiger partial charge in [0.2, 0.25) is 11.9 Å². The lowest BCUT2D eigenvalue weighted by Gasteiger charge is -2.46. The van der Waals surface area contributed by atoms with Crippen molar-refractivity contribution in [3.63, 3.8) is 0 Å². The zero-order chi connectivity index (χ0) is 23.3. The summed E-state index contributed by atoms with van der Waals surface area (Å²) in [7, 11) is 0. The van der Waals surface area contributed by atoms with Gasteiger partial charge in [0, 0.05) is 19.1 Å². The Kier molecular flexibility index (Phi) is 4.88. The van der Waals surface area contributed by atoms with E-state index in [2.05, 4.69) is 21.4 Å². The highest BCUT2D eigenvalue weighted by atomic mass is 32.1. The lowest BCUT2D eigenvalue weighted by molar-refractivity contribution is -0.125. The van der Waals surface area contributed by atoms with Crippen LogP contribution in [0.2, 0.25) is 0 Å². The molecule has 1 aliphatic heterocycles. The van der Waals surface area contributed by atoms with E-state index in [1.165, 1.54) is 23.8 Å². The molecule has 172 valence electrons. The summed E-state index contributed by atoms with van der Waals surface area (Å²) in [6, 6.07) is 11.8. The van der Waals surface area contributed by atoms with E-state index in [1.54, 1.807) is 12.3 Å². The van der Waals surface area contributed by atoms with Gasteiger partial charge in [-0.2, -0.15) is 0 Å². The summed E-state index contributed by atoms with van der Waals surface area (Å²) >= 11 is 1.35. The van der Waals surface area contributed by atoms with Crippen molar-refractivity contribution in [2.45, 2.75) is 25.3 Å². The Morgan fingerprint density at radius 2 is 2.09 bits per heavy atom. The van der Waals surface area contributed by atoms with Crippen molar-refractivity contribution < 1.29 is 14.0 Å². The number of carbonyl (C=O) groups excluding carboxylic acids is 2. The lowest BCUT2D eigenvalue weighted by Crippen LogP contribution is -2.42. The number of nitrogens with zero attached hydrogens (tertiary/aromatic N) is 4. The highest BCUT2D eigenvalue weighted by Gasteiger charge is 2.50. The molecule has 1 spiro atoms. The molecule has 3 aromatic heterocycles. The van der Waals surface area contributed by atoms with Crippen LogP contribution in [0.25, 0.3) is 21.7 Å². The molecule has 0 radical (unpaired) electrons. The maximum atomic E-state index is 13.1. The molecule has 34 heavy (non-hydrogen) atoms. The smallest absolute Gasteiger partial charge is 0.268 e. The van der Waals surface area contributed by atoms with E-state index in [4.69, 9.17) is 9.40 Å². The molecule has 1 N–H and O–H groups in total. The third-order valence-corrected chi connectivity index (χ3v) is 8.05. The number of benzene rings is 1. The summed E-state index contributed by atoms with van der Waals surface area (Å²) in [5, 5.41) is 3.04. The van der Waals surface area contributed by atoms with Crippen LogP contribution in [0.15, 0.2) is 66.1 Å². The van der Waals surface area contributed by atoms with E-state index in [1.807, 2.05) is 35.2 Å². The molecule has 4 aromatic rings. The number of rotatable bonds is 5. The van der Waals surface area contributed by atoms with E-state index < -0.39 is 0 Å². The molecule has 4 heterocycles. The highest BCUT2D eigenvalue weighted by Crippen LogP contribution is 2.55. The van der Waals surface area contributed by atoms with Gasteiger partial charge in [0.1, 0.15) is 0 Å². The van der Waals surface area contributed by atoms with Gasteiger partial charge in [-0.25, -0.2) is 9.97 Å². The van der Waals surface area contributed by atoms with Gasteiger partial charge in [-0.1, -0.05) is 18.7 Å². The normalized spacial score (nSPS) is 21.6. The van der Waals surface area contributed by atoms with Crippen molar-refractivity contribution in [2.75, 3.05) is 18.4 Å². The van der Waals surface area contributed by atoms with Crippen LogP contribution >= 0.6 is 11.3 Å². The van der Waals surface area contributed by atoms with Crippen LogP contribution in [0.3, 0.4) is 0 Å². The Morgan fingerprint density at radius 3 is 2.88 bits per heavy atom. The van der Waals surface area contributed by atoms with Crippen molar-refractivity contribution in [1.29, 1.82) is 0 Å². The Labute approximate surface area is 199 Å². The molecule has 2 fully saturated rings. The fourth-order valence-electron chi connectivity index (χ4n) is 5.30. The van der Waals surface area contributed by atoms with E-state index in [-0.39, 0.29) is 23.3 Å². The SMILES string of the molecule is C=CC(=O)N1CC[C@]2(C1)C[C@H](n1c(NC(=O)c3ccc(-c4cnco4)s3)nc3ccccc31)C2. The first kappa shape index (κ1) is 20.9. The Morgan fingerprint density at radius 1 is 1.24 bits per heavy atom. The number of nitrogens with one attached hydrogen (secondary N) is 1. The second-order valence-corrected chi connectivity index (χ2v) is 10.1. The Balaban J connectivity index is 1.25. The minimum Gasteiger partial charge on any atom is -0.443 e. The van der Waals surface area contributed by atoms with Gasteiger partial charge in [0.25, 0.3) is 5.91 Å². The maximum Gasteiger partial charge on any atom is 0.268 e. The number of fused-ring (bicyclic) bond motifs is 1. The molecular formula is C25H23N5O3S. The topological polar surface area (TPSA) is 93.3 Å². The molecule has 0 atom stereocenters. The standard InChI is InChI=1S/C25H23N5O3S/c1-2-22(31)29-10-9-25(14-29)11-16(12-25)30-18-6-4-3-5-17(18)27-24(30)28-23(32)21-8-7-20(34-21)19-13-26-15-33-19/h2-8,13,15-16H,1,9-12,14H2,(H,27,28,32)/t16-,25-. The third kappa shape index (κ3) is 3.43. The summed E-state index contributed by atoms with van der Waals surface area (Å²) in [5.41, 5.74) is 1.99. The molecule has 8 nitrogen and oxygen atoms in total. The van der Waals surface area contributed by atoms with Crippen LogP contribution in [-0.4, -0.2) is 44.3 Å². The second kappa shape index (κ2) is 7.95. The number of amides is 2. The van der Waals surface area contributed by atoms with E-state index in [0.717, 1.165) is 48.3 Å². The number of oxazole rings is 1. The zero-order valence-electron chi connectivity index (χ0n) is 18.4. The van der Waals surface area contributed by atoms with Gasteiger partial charge >= 0.3 is 0 Å². The minimum absolute atomic E-state index is 0.00186. The van der Waals surface area contributed by atoms with Crippen molar-refractivity contribution in [3.05, 3.63) is 66.5 Å². The van der Waals surface area contributed by atoms with Crippen molar-refractivity contribution in [2.24, 2.45) is 5.41 Å². The number of anilines is 1.